The summed E-state index contributed by atoms with van der Waals surface area (Å²) in [6.07, 6.45) is -4.39. The van der Waals surface area contributed by atoms with Crippen molar-refractivity contribution < 1.29 is 23.1 Å². The maximum Gasteiger partial charge on any atom is 0.416 e. The van der Waals surface area contributed by atoms with E-state index in [2.05, 4.69) is 5.32 Å². The van der Waals surface area contributed by atoms with Crippen LogP contribution in [-0.2, 0) is 17.4 Å². The fourth-order valence-electron chi connectivity index (χ4n) is 1.68. The van der Waals surface area contributed by atoms with Gasteiger partial charge in [-0.3, -0.25) is 4.79 Å². The van der Waals surface area contributed by atoms with E-state index in [4.69, 9.17) is 5.11 Å². The van der Waals surface area contributed by atoms with Crippen LogP contribution in [0.2, 0.25) is 0 Å². The predicted molar refractivity (Wildman–Crippen MR) is 69.0 cm³/mol. The SMILES string of the molecule is CC(C)C(CO)NC(=O)Cc1ccc(C(F)(F)F)cc1. The molecule has 112 valence electrons. The van der Waals surface area contributed by atoms with Gasteiger partial charge >= 0.3 is 6.18 Å². The lowest BCUT2D eigenvalue weighted by Crippen LogP contribution is -2.41. The lowest BCUT2D eigenvalue weighted by Gasteiger charge is -2.19. The molecule has 0 aliphatic carbocycles. The zero-order valence-electron chi connectivity index (χ0n) is 11.4. The number of hydrogen-bond donors (Lipinski definition) is 2. The van der Waals surface area contributed by atoms with Gasteiger partial charge in [-0.15, -0.1) is 0 Å². The van der Waals surface area contributed by atoms with Crippen molar-refractivity contribution in [2.24, 2.45) is 5.92 Å². The van der Waals surface area contributed by atoms with E-state index in [0.29, 0.717) is 5.56 Å². The molecule has 0 bridgehead atoms. The Kier molecular flexibility index (Phi) is 5.56. The Morgan fingerprint density at radius 1 is 1.25 bits per heavy atom. The van der Waals surface area contributed by atoms with Crippen molar-refractivity contribution in [1.29, 1.82) is 0 Å². The van der Waals surface area contributed by atoms with Crippen LogP contribution in [0.15, 0.2) is 24.3 Å². The van der Waals surface area contributed by atoms with E-state index in [9.17, 15) is 18.0 Å². The fourth-order valence-corrected chi connectivity index (χ4v) is 1.68. The molecule has 3 nitrogen and oxygen atoms in total. The van der Waals surface area contributed by atoms with Gasteiger partial charge in [0.1, 0.15) is 0 Å². The maximum absolute atomic E-state index is 12.4. The number of carbonyl (C=O) groups excluding carboxylic acids is 1. The molecule has 0 spiro atoms. The molecule has 1 amide bonds. The average Bonchev–Trinajstić information content (AvgIpc) is 2.35. The third kappa shape index (κ3) is 4.85. The van der Waals surface area contributed by atoms with Crippen LogP contribution in [-0.4, -0.2) is 23.7 Å². The second-order valence-corrected chi connectivity index (χ2v) is 4.97. The molecule has 1 atom stereocenters. The van der Waals surface area contributed by atoms with Crippen molar-refractivity contribution in [2.75, 3.05) is 6.61 Å². The van der Waals surface area contributed by atoms with Crippen molar-refractivity contribution in [3.05, 3.63) is 35.4 Å². The molecule has 0 saturated heterocycles. The smallest absolute Gasteiger partial charge is 0.394 e. The molecule has 0 fully saturated rings. The molecule has 6 heteroatoms. The molecule has 0 aromatic heterocycles. The van der Waals surface area contributed by atoms with Crippen molar-refractivity contribution >= 4 is 5.91 Å². The number of halogens is 3. The lowest BCUT2D eigenvalue weighted by molar-refractivity contribution is -0.137. The Bertz CT molecular complexity index is 441. The third-order valence-electron chi connectivity index (χ3n) is 2.99. The maximum atomic E-state index is 12.4. The second-order valence-electron chi connectivity index (χ2n) is 4.97. The second kappa shape index (κ2) is 6.74. The minimum absolute atomic E-state index is 0.0125. The Labute approximate surface area is 115 Å². The van der Waals surface area contributed by atoms with E-state index in [1.807, 2.05) is 13.8 Å². The number of alkyl halides is 3. The normalized spacial score (nSPS) is 13.3. The minimum atomic E-state index is -4.37. The van der Waals surface area contributed by atoms with Crippen LogP contribution in [0.25, 0.3) is 0 Å². The summed E-state index contributed by atoms with van der Waals surface area (Å²) in [5.41, 5.74) is -0.243. The number of carbonyl (C=O) groups is 1. The number of nitrogens with one attached hydrogen (secondary N) is 1. The van der Waals surface area contributed by atoms with E-state index in [1.165, 1.54) is 12.1 Å². The van der Waals surface area contributed by atoms with Crippen LogP contribution < -0.4 is 5.32 Å². The molecule has 0 aliphatic heterocycles. The van der Waals surface area contributed by atoms with Gasteiger partial charge in [0.25, 0.3) is 0 Å². The van der Waals surface area contributed by atoms with E-state index >= 15 is 0 Å². The van der Waals surface area contributed by atoms with Crippen LogP contribution in [0.5, 0.6) is 0 Å². The highest BCUT2D eigenvalue weighted by molar-refractivity contribution is 5.78. The van der Waals surface area contributed by atoms with Gasteiger partial charge in [-0.05, 0) is 23.6 Å². The molecule has 0 radical (unpaired) electrons. The van der Waals surface area contributed by atoms with E-state index in [1.54, 1.807) is 0 Å². The summed E-state index contributed by atoms with van der Waals surface area (Å²) < 4.78 is 37.1. The van der Waals surface area contributed by atoms with Crippen LogP contribution in [0.3, 0.4) is 0 Å². The van der Waals surface area contributed by atoms with Gasteiger partial charge in [-0.2, -0.15) is 13.2 Å². The highest BCUT2D eigenvalue weighted by Crippen LogP contribution is 2.29. The summed E-state index contributed by atoms with van der Waals surface area (Å²) in [4.78, 5) is 11.7. The number of benzene rings is 1. The Morgan fingerprint density at radius 2 is 1.80 bits per heavy atom. The summed E-state index contributed by atoms with van der Waals surface area (Å²) >= 11 is 0. The van der Waals surface area contributed by atoms with E-state index in [-0.39, 0.29) is 30.9 Å². The molecule has 1 aromatic rings. The van der Waals surface area contributed by atoms with Crippen LogP contribution >= 0.6 is 0 Å². The first-order chi connectivity index (χ1) is 9.24. The zero-order valence-corrected chi connectivity index (χ0v) is 11.4. The zero-order chi connectivity index (χ0) is 15.3. The van der Waals surface area contributed by atoms with Crippen molar-refractivity contribution in [3.8, 4) is 0 Å². The van der Waals surface area contributed by atoms with E-state index < -0.39 is 11.7 Å². The Hall–Kier alpha value is -1.56. The van der Waals surface area contributed by atoms with Gasteiger partial charge < -0.3 is 10.4 Å². The predicted octanol–water partition coefficient (Wildman–Crippen LogP) is 2.38. The van der Waals surface area contributed by atoms with Gasteiger partial charge in [-0.25, -0.2) is 0 Å². The molecule has 20 heavy (non-hydrogen) atoms. The monoisotopic (exact) mass is 289 g/mol. The van der Waals surface area contributed by atoms with Crippen LogP contribution in [0.1, 0.15) is 25.0 Å². The first-order valence-electron chi connectivity index (χ1n) is 6.30. The van der Waals surface area contributed by atoms with Gasteiger partial charge in [0.2, 0.25) is 5.91 Å². The fraction of sp³-hybridized carbons (Fsp3) is 0.500. The van der Waals surface area contributed by atoms with Gasteiger partial charge in [0, 0.05) is 0 Å². The molecule has 1 aromatic carbocycles. The summed E-state index contributed by atoms with van der Waals surface area (Å²) in [7, 11) is 0. The Balaban J connectivity index is 2.63. The number of aliphatic hydroxyl groups excluding tert-OH is 1. The first kappa shape index (κ1) is 16.5. The van der Waals surface area contributed by atoms with Crippen LogP contribution in [0.4, 0.5) is 13.2 Å². The number of amides is 1. The summed E-state index contributed by atoms with van der Waals surface area (Å²) in [6.45, 7) is 3.55. The molecule has 1 unspecified atom stereocenters. The summed E-state index contributed by atoms with van der Waals surface area (Å²) in [6, 6.07) is 4.12. The molecular formula is C14H18F3NO2. The molecule has 0 saturated carbocycles. The number of aliphatic hydroxyl groups is 1. The lowest BCUT2D eigenvalue weighted by atomic mass is 10.0. The minimum Gasteiger partial charge on any atom is -0.394 e. The molecular weight excluding hydrogens is 271 g/mol. The quantitative estimate of drug-likeness (QED) is 0.874. The van der Waals surface area contributed by atoms with E-state index in [0.717, 1.165) is 12.1 Å². The topological polar surface area (TPSA) is 49.3 Å². The Morgan fingerprint density at radius 3 is 2.20 bits per heavy atom. The first-order valence-corrected chi connectivity index (χ1v) is 6.30. The molecule has 0 heterocycles. The van der Waals surface area contributed by atoms with Gasteiger partial charge in [-0.1, -0.05) is 26.0 Å². The van der Waals surface area contributed by atoms with Crippen molar-refractivity contribution in [1.82, 2.24) is 5.32 Å². The number of rotatable bonds is 5. The molecule has 2 N–H and O–H groups in total. The molecule has 1 rings (SSSR count). The largest absolute Gasteiger partial charge is 0.416 e. The van der Waals surface area contributed by atoms with Crippen molar-refractivity contribution in [2.45, 2.75) is 32.5 Å². The summed E-state index contributed by atoms with van der Waals surface area (Å²) in [5.74, 6) is -0.242. The van der Waals surface area contributed by atoms with Crippen molar-refractivity contribution in [3.63, 3.8) is 0 Å². The standard InChI is InChI=1S/C14H18F3NO2/c1-9(2)12(8-19)18-13(20)7-10-3-5-11(6-4-10)14(15,16)17/h3-6,9,12,19H,7-8H2,1-2H3,(H,18,20). The van der Waals surface area contributed by atoms with Crippen LogP contribution in [0, 0.1) is 5.92 Å². The summed E-state index contributed by atoms with van der Waals surface area (Å²) in [5, 5.41) is 11.7. The van der Waals surface area contributed by atoms with Gasteiger partial charge in [0.15, 0.2) is 0 Å². The number of hydrogen-bond acceptors (Lipinski definition) is 2. The third-order valence-corrected chi connectivity index (χ3v) is 2.99. The van der Waals surface area contributed by atoms with Gasteiger partial charge in [0.05, 0.1) is 24.6 Å². The molecule has 0 aliphatic rings. The highest BCUT2D eigenvalue weighted by Gasteiger charge is 2.30. The average molecular weight is 289 g/mol. The highest BCUT2D eigenvalue weighted by atomic mass is 19.4.